The maximum atomic E-state index is 13.7. The summed E-state index contributed by atoms with van der Waals surface area (Å²) >= 11 is 0. The van der Waals surface area contributed by atoms with Crippen LogP contribution in [0.15, 0.2) is 24.3 Å². The van der Waals surface area contributed by atoms with Gasteiger partial charge in [-0.3, -0.25) is 0 Å². The number of carbonyl (C=O) groups is 2. The predicted molar refractivity (Wildman–Crippen MR) is 141 cm³/mol. The van der Waals surface area contributed by atoms with Gasteiger partial charge >= 0.3 is 11.9 Å². The van der Waals surface area contributed by atoms with Crippen molar-refractivity contribution in [3.05, 3.63) is 24.3 Å². The fraction of sp³-hybridized carbons (Fsp3) is 0.733. The SMILES string of the molecule is CCC[C@@H](F)C(=O)OC1CCC(COc2ccc(OCC3CCC(OC(=O)[C@H](F)CCC)CC3)cc2)CC1. The van der Waals surface area contributed by atoms with E-state index in [4.69, 9.17) is 18.9 Å². The standard InChI is InChI=1S/C30H44F2O6/c1-3-5-27(31)29(33)37-25-11-7-21(8-12-25)19-35-23-15-17-24(18-16-23)36-20-22-9-13-26(14-10-22)38-30(34)28(32)6-4-2/h15-18,21-22,25-28H,3-14,19-20H2,1-2H3/t21?,22?,25?,26?,27-,28-/m1/s1. The zero-order chi connectivity index (χ0) is 27.3. The zero-order valence-electron chi connectivity index (χ0n) is 22.9. The minimum absolute atomic E-state index is 0.191. The molecule has 0 radical (unpaired) electrons. The van der Waals surface area contributed by atoms with Gasteiger partial charge in [0.2, 0.25) is 0 Å². The van der Waals surface area contributed by atoms with E-state index in [9.17, 15) is 18.4 Å². The molecule has 0 unspecified atom stereocenters. The van der Waals surface area contributed by atoms with Crippen LogP contribution < -0.4 is 9.47 Å². The highest BCUT2D eigenvalue weighted by atomic mass is 19.1. The van der Waals surface area contributed by atoms with Crippen LogP contribution in [0.3, 0.4) is 0 Å². The number of hydrogen-bond donors (Lipinski definition) is 0. The second-order valence-electron chi connectivity index (χ2n) is 10.8. The molecule has 0 bridgehead atoms. The van der Waals surface area contributed by atoms with Crippen molar-refractivity contribution in [3.8, 4) is 11.5 Å². The van der Waals surface area contributed by atoms with Gasteiger partial charge in [-0.05, 0) is 100 Å². The van der Waals surface area contributed by atoms with Crippen LogP contribution in [0, 0.1) is 11.8 Å². The minimum atomic E-state index is -1.51. The first-order valence-corrected chi connectivity index (χ1v) is 14.4. The van der Waals surface area contributed by atoms with E-state index in [-0.39, 0.29) is 25.0 Å². The Morgan fingerprint density at radius 1 is 0.684 bits per heavy atom. The van der Waals surface area contributed by atoms with Gasteiger partial charge in [0.25, 0.3) is 0 Å². The first-order valence-electron chi connectivity index (χ1n) is 14.4. The predicted octanol–water partition coefficient (Wildman–Crippen LogP) is 6.92. The molecule has 214 valence electrons. The Morgan fingerprint density at radius 3 is 1.34 bits per heavy atom. The molecule has 0 aliphatic heterocycles. The van der Waals surface area contributed by atoms with E-state index in [1.54, 1.807) is 0 Å². The lowest BCUT2D eigenvalue weighted by Crippen LogP contribution is -2.30. The van der Waals surface area contributed by atoms with Gasteiger partial charge in [0.1, 0.15) is 23.7 Å². The Bertz CT molecular complexity index is 763. The number of carbonyl (C=O) groups excluding carboxylic acids is 2. The van der Waals surface area contributed by atoms with Crippen molar-refractivity contribution in [3.63, 3.8) is 0 Å². The first-order chi connectivity index (χ1) is 18.4. The second kappa shape index (κ2) is 15.9. The summed E-state index contributed by atoms with van der Waals surface area (Å²) in [7, 11) is 0. The van der Waals surface area contributed by atoms with Crippen LogP contribution in [0.25, 0.3) is 0 Å². The number of esters is 2. The third-order valence-corrected chi connectivity index (χ3v) is 7.54. The molecule has 6 nitrogen and oxygen atoms in total. The van der Waals surface area contributed by atoms with Gasteiger partial charge < -0.3 is 18.9 Å². The molecule has 2 saturated carbocycles. The lowest BCUT2D eigenvalue weighted by Gasteiger charge is -2.29. The molecule has 0 saturated heterocycles. The number of halogens is 2. The van der Waals surface area contributed by atoms with E-state index in [0.29, 0.717) is 37.9 Å². The normalized spacial score (nSPS) is 25.2. The van der Waals surface area contributed by atoms with E-state index in [2.05, 4.69) is 0 Å². The van der Waals surface area contributed by atoms with Crippen molar-refractivity contribution in [2.45, 2.75) is 115 Å². The van der Waals surface area contributed by atoms with Gasteiger partial charge in [0, 0.05) is 0 Å². The van der Waals surface area contributed by atoms with Crippen LogP contribution >= 0.6 is 0 Å². The molecule has 0 spiro atoms. The second-order valence-corrected chi connectivity index (χ2v) is 10.8. The van der Waals surface area contributed by atoms with Crippen molar-refractivity contribution >= 4 is 11.9 Å². The van der Waals surface area contributed by atoms with Crippen molar-refractivity contribution in [1.29, 1.82) is 0 Å². The summed E-state index contributed by atoms with van der Waals surface area (Å²) in [4.78, 5) is 23.6. The van der Waals surface area contributed by atoms with E-state index in [0.717, 1.165) is 62.9 Å². The highest BCUT2D eigenvalue weighted by Gasteiger charge is 2.28. The van der Waals surface area contributed by atoms with E-state index < -0.39 is 24.3 Å². The average Bonchev–Trinajstić information content (AvgIpc) is 2.93. The first kappa shape index (κ1) is 30.2. The van der Waals surface area contributed by atoms with Gasteiger partial charge in [-0.2, -0.15) is 0 Å². The Labute approximate surface area is 225 Å². The molecule has 3 rings (SSSR count). The molecule has 0 heterocycles. The van der Waals surface area contributed by atoms with Crippen molar-refractivity contribution in [2.75, 3.05) is 13.2 Å². The van der Waals surface area contributed by atoms with Gasteiger partial charge in [-0.25, -0.2) is 18.4 Å². The van der Waals surface area contributed by atoms with Crippen molar-refractivity contribution in [1.82, 2.24) is 0 Å². The van der Waals surface area contributed by atoms with Crippen LogP contribution in [-0.4, -0.2) is 49.7 Å². The molecule has 2 aliphatic rings. The molecule has 38 heavy (non-hydrogen) atoms. The fourth-order valence-electron chi connectivity index (χ4n) is 5.11. The number of benzene rings is 1. The zero-order valence-corrected chi connectivity index (χ0v) is 22.9. The van der Waals surface area contributed by atoms with Crippen LogP contribution in [0.1, 0.15) is 90.9 Å². The Kier molecular flexibility index (Phi) is 12.6. The van der Waals surface area contributed by atoms with Gasteiger partial charge in [-0.15, -0.1) is 0 Å². The maximum Gasteiger partial charge on any atom is 0.340 e. The van der Waals surface area contributed by atoms with Crippen molar-refractivity contribution < 1.29 is 37.3 Å². The molecular formula is C30H44F2O6. The summed E-state index contributed by atoms with van der Waals surface area (Å²) in [6.07, 6.45) is 4.78. The number of hydrogen-bond acceptors (Lipinski definition) is 6. The molecule has 2 aliphatic carbocycles. The summed E-state index contributed by atoms with van der Waals surface area (Å²) < 4.78 is 49.9. The third-order valence-electron chi connectivity index (χ3n) is 7.54. The Morgan fingerprint density at radius 2 is 1.03 bits per heavy atom. The van der Waals surface area contributed by atoms with Gasteiger partial charge in [0.05, 0.1) is 13.2 Å². The largest absolute Gasteiger partial charge is 0.493 e. The highest BCUT2D eigenvalue weighted by molar-refractivity contribution is 5.75. The Balaban J connectivity index is 1.28. The molecular weight excluding hydrogens is 494 g/mol. The lowest BCUT2D eigenvalue weighted by atomic mass is 9.88. The quantitative estimate of drug-likeness (QED) is 0.239. The summed E-state index contributed by atoms with van der Waals surface area (Å²) in [5.41, 5.74) is 0. The average molecular weight is 539 g/mol. The van der Waals surface area contributed by atoms with Crippen LogP contribution in [0.5, 0.6) is 11.5 Å². The molecule has 8 heteroatoms. The highest BCUT2D eigenvalue weighted by Crippen LogP contribution is 2.30. The third kappa shape index (κ3) is 10.1. The molecule has 1 aromatic rings. The molecule has 0 amide bonds. The van der Waals surface area contributed by atoms with Gasteiger partial charge in [-0.1, -0.05) is 26.7 Å². The summed E-state index contributed by atoms with van der Waals surface area (Å²) in [6, 6.07) is 7.60. The molecule has 1 aromatic carbocycles. The summed E-state index contributed by atoms with van der Waals surface area (Å²) in [5, 5.41) is 0. The van der Waals surface area contributed by atoms with Crippen LogP contribution in [-0.2, 0) is 19.1 Å². The van der Waals surface area contributed by atoms with Crippen molar-refractivity contribution in [2.24, 2.45) is 11.8 Å². The summed E-state index contributed by atoms with van der Waals surface area (Å²) in [5.74, 6) is 0.885. The van der Waals surface area contributed by atoms with E-state index in [1.165, 1.54) is 0 Å². The molecule has 2 fully saturated rings. The lowest BCUT2D eigenvalue weighted by molar-refractivity contribution is -0.158. The Hall–Kier alpha value is -2.38. The molecule has 0 N–H and O–H groups in total. The monoisotopic (exact) mass is 538 g/mol. The molecule has 0 aromatic heterocycles. The fourth-order valence-corrected chi connectivity index (χ4v) is 5.11. The molecule has 2 atom stereocenters. The number of alkyl halides is 2. The smallest absolute Gasteiger partial charge is 0.340 e. The minimum Gasteiger partial charge on any atom is -0.493 e. The number of rotatable bonds is 14. The van der Waals surface area contributed by atoms with Crippen LogP contribution in [0.2, 0.25) is 0 Å². The van der Waals surface area contributed by atoms with Crippen LogP contribution in [0.4, 0.5) is 8.78 Å². The van der Waals surface area contributed by atoms with E-state index in [1.807, 2.05) is 38.1 Å². The topological polar surface area (TPSA) is 71.1 Å². The van der Waals surface area contributed by atoms with E-state index >= 15 is 0 Å². The van der Waals surface area contributed by atoms with Gasteiger partial charge in [0.15, 0.2) is 12.3 Å². The summed E-state index contributed by atoms with van der Waals surface area (Å²) in [6.45, 7) is 4.89. The maximum absolute atomic E-state index is 13.7. The number of ether oxygens (including phenoxy) is 4.